The second-order valence-corrected chi connectivity index (χ2v) is 1.85. The molecule has 0 atom stereocenters. The first-order chi connectivity index (χ1) is 3.41. The molecule has 0 saturated heterocycles. The molecule has 0 bridgehead atoms. The third-order valence-corrected chi connectivity index (χ3v) is 1.01. The van der Waals surface area contributed by atoms with E-state index < -0.39 is 0 Å². The lowest BCUT2D eigenvalue weighted by Gasteiger charge is -1.92. The minimum Gasteiger partial charge on any atom is -0.371 e. The Morgan fingerprint density at radius 1 is 1.86 bits per heavy atom. The molecule has 0 spiro atoms. The van der Waals surface area contributed by atoms with Gasteiger partial charge in [-0.25, -0.2) is 0 Å². The first kappa shape index (κ1) is 7.05. The highest BCUT2D eigenvalue weighted by Gasteiger charge is 1.75. The molecule has 7 heavy (non-hydrogen) atoms. The maximum atomic E-state index is 4.97. The van der Waals surface area contributed by atoms with Crippen LogP contribution in [0.5, 0.6) is 0 Å². The van der Waals surface area contributed by atoms with Crippen LogP contribution in [0.1, 0.15) is 6.92 Å². The summed E-state index contributed by atoms with van der Waals surface area (Å²) in [6.45, 7) is 6.28. The molecule has 0 fully saturated rings. The van der Waals surface area contributed by atoms with Gasteiger partial charge in [-0.05, 0) is 12.3 Å². The summed E-state index contributed by atoms with van der Waals surface area (Å²) in [7, 11) is 0. The highest BCUT2D eigenvalue weighted by atomic mass is 32.2. The van der Waals surface area contributed by atoms with Crippen molar-refractivity contribution in [3.63, 3.8) is 0 Å². The van der Waals surface area contributed by atoms with Crippen LogP contribution >= 0.6 is 11.8 Å². The second-order valence-electron chi connectivity index (χ2n) is 0.944. The van der Waals surface area contributed by atoms with E-state index in [9.17, 15) is 0 Å². The van der Waals surface area contributed by atoms with Crippen molar-refractivity contribution < 1.29 is 4.74 Å². The van der Waals surface area contributed by atoms with E-state index in [1.165, 1.54) is 0 Å². The Morgan fingerprint density at radius 3 is 3.00 bits per heavy atom. The van der Waals surface area contributed by atoms with Gasteiger partial charge in [-0.2, -0.15) is 0 Å². The van der Waals surface area contributed by atoms with Crippen molar-refractivity contribution in [2.45, 2.75) is 6.92 Å². The lowest BCUT2D eigenvalue weighted by molar-refractivity contribution is 0.199. The monoisotopic (exact) mass is 118 g/mol. The van der Waals surface area contributed by atoms with Gasteiger partial charge < -0.3 is 4.74 Å². The first-order valence-corrected chi connectivity index (χ1v) is 3.27. The molecule has 0 unspecified atom stereocenters. The van der Waals surface area contributed by atoms with E-state index in [4.69, 9.17) is 4.74 Å². The van der Waals surface area contributed by atoms with Gasteiger partial charge in [0.1, 0.15) is 0 Å². The topological polar surface area (TPSA) is 9.23 Å². The SMILES string of the molecule is C=CSCOCC. The smallest absolute Gasteiger partial charge is 0.0960 e. The van der Waals surface area contributed by atoms with E-state index in [0.717, 1.165) is 12.5 Å². The summed E-state index contributed by atoms with van der Waals surface area (Å²) in [6.07, 6.45) is 0. The van der Waals surface area contributed by atoms with E-state index in [2.05, 4.69) is 6.58 Å². The molecule has 1 nitrogen and oxygen atoms in total. The van der Waals surface area contributed by atoms with Crippen LogP contribution in [0.3, 0.4) is 0 Å². The van der Waals surface area contributed by atoms with Crippen LogP contribution in [0.2, 0.25) is 0 Å². The quantitative estimate of drug-likeness (QED) is 0.411. The number of rotatable bonds is 4. The fraction of sp³-hybridized carbons (Fsp3) is 0.600. The minimum absolute atomic E-state index is 0.736. The van der Waals surface area contributed by atoms with Crippen molar-refractivity contribution in [1.29, 1.82) is 0 Å². The summed E-state index contributed by atoms with van der Waals surface area (Å²) in [5.74, 6) is 0.736. The van der Waals surface area contributed by atoms with Crippen LogP contribution in [0.15, 0.2) is 12.0 Å². The molecule has 0 radical (unpaired) electrons. The van der Waals surface area contributed by atoms with Crippen molar-refractivity contribution in [1.82, 2.24) is 0 Å². The molecule has 0 aliphatic carbocycles. The van der Waals surface area contributed by atoms with Gasteiger partial charge in [0.05, 0.1) is 5.94 Å². The molecular formula is C5H10OS. The van der Waals surface area contributed by atoms with Crippen LogP contribution in [0, 0.1) is 0 Å². The summed E-state index contributed by atoms with van der Waals surface area (Å²) in [6, 6.07) is 0. The van der Waals surface area contributed by atoms with Gasteiger partial charge in [-0.15, -0.1) is 11.8 Å². The average molecular weight is 118 g/mol. The fourth-order valence-electron chi connectivity index (χ4n) is 0.180. The molecule has 0 aliphatic heterocycles. The largest absolute Gasteiger partial charge is 0.371 e. The van der Waals surface area contributed by atoms with E-state index in [-0.39, 0.29) is 0 Å². The molecule has 0 N–H and O–H groups in total. The van der Waals surface area contributed by atoms with Gasteiger partial charge in [0.15, 0.2) is 0 Å². The molecule has 0 aromatic carbocycles. The molecule has 0 aromatic rings. The fourth-order valence-corrected chi connectivity index (χ4v) is 0.539. The summed E-state index contributed by atoms with van der Waals surface area (Å²) in [5.41, 5.74) is 0. The summed E-state index contributed by atoms with van der Waals surface area (Å²) in [5, 5.41) is 1.77. The standard InChI is InChI=1S/C5H10OS/c1-3-6-5-7-4-2/h4H,2-3,5H2,1H3. The van der Waals surface area contributed by atoms with Gasteiger partial charge in [0, 0.05) is 6.61 Å². The predicted octanol–water partition coefficient (Wildman–Crippen LogP) is 1.86. The Kier molecular flexibility index (Phi) is 6.09. The maximum absolute atomic E-state index is 4.97. The predicted molar refractivity (Wildman–Crippen MR) is 34.3 cm³/mol. The minimum atomic E-state index is 0.736. The zero-order valence-electron chi connectivity index (χ0n) is 4.52. The van der Waals surface area contributed by atoms with Gasteiger partial charge >= 0.3 is 0 Å². The third-order valence-electron chi connectivity index (χ3n) is 0.473. The van der Waals surface area contributed by atoms with E-state index in [0.29, 0.717) is 0 Å². The number of hydrogen-bond acceptors (Lipinski definition) is 2. The molecule has 42 valence electrons. The lowest BCUT2D eigenvalue weighted by atomic mass is 10.9. The van der Waals surface area contributed by atoms with Gasteiger partial charge in [0.25, 0.3) is 0 Å². The number of thioether (sulfide) groups is 1. The Hall–Kier alpha value is 0.0500. The van der Waals surface area contributed by atoms with Crippen LogP contribution in [0.4, 0.5) is 0 Å². The number of hydrogen-bond donors (Lipinski definition) is 0. The van der Waals surface area contributed by atoms with Gasteiger partial charge in [0.2, 0.25) is 0 Å². The molecule has 2 heteroatoms. The Balaban J connectivity index is 2.56. The molecular weight excluding hydrogens is 108 g/mol. The molecule has 0 saturated carbocycles. The average Bonchev–Trinajstić information content (AvgIpc) is 1.69. The highest BCUT2D eigenvalue weighted by Crippen LogP contribution is 1.98. The van der Waals surface area contributed by atoms with Crippen molar-refractivity contribution in [3.8, 4) is 0 Å². The molecule has 0 aromatic heterocycles. The highest BCUT2D eigenvalue weighted by molar-refractivity contribution is 8.01. The maximum Gasteiger partial charge on any atom is 0.0960 e. The van der Waals surface area contributed by atoms with Crippen LogP contribution < -0.4 is 0 Å². The normalized spacial score (nSPS) is 8.71. The Bertz CT molecular complexity index is 45.3. The van der Waals surface area contributed by atoms with Crippen LogP contribution in [-0.4, -0.2) is 12.5 Å². The molecule has 0 amide bonds. The van der Waals surface area contributed by atoms with Gasteiger partial charge in [-0.3, -0.25) is 0 Å². The van der Waals surface area contributed by atoms with Gasteiger partial charge in [-0.1, -0.05) is 6.58 Å². The third kappa shape index (κ3) is 6.05. The number of ether oxygens (including phenoxy) is 1. The van der Waals surface area contributed by atoms with Crippen molar-refractivity contribution in [2.24, 2.45) is 0 Å². The van der Waals surface area contributed by atoms with Crippen LogP contribution in [-0.2, 0) is 4.74 Å². The molecule has 0 heterocycles. The Morgan fingerprint density at radius 2 is 2.57 bits per heavy atom. The zero-order valence-corrected chi connectivity index (χ0v) is 5.33. The van der Waals surface area contributed by atoms with E-state index in [1.54, 1.807) is 17.2 Å². The van der Waals surface area contributed by atoms with E-state index in [1.807, 2.05) is 6.92 Å². The molecule has 0 aliphatic rings. The summed E-state index contributed by atoms with van der Waals surface area (Å²) < 4.78 is 4.97. The van der Waals surface area contributed by atoms with Crippen LogP contribution in [0.25, 0.3) is 0 Å². The van der Waals surface area contributed by atoms with Crippen molar-refractivity contribution in [2.75, 3.05) is 12.5 Å². The lowest BCUT2D eigenvalue weighted by Crippen LogP contribution is -1.84. The Labute approximate surface area is 48.7 Å². The first-order valence-electron chi connectivity index (χ1n) is 2.22. The zero-order chi connectivity index (χ0) is 5.54. The van der Waals surface area contributed by atoms with E-state index >= 15 is 0 Å². The second kappa shape index (κ2) is 6.05. The van der Waals surface area contributed by atoms with Crippen molar-refractivity contribution in [3.05, 3.63) is 12.0 Å². The summed E-state index contributed by atoms with van der Waals surface area (Å²) >= 11 is 1.57. The summed E-state index contributed by atoms with van der Waals surface area (Å²) in [4.78, 5) is 0. The van der Waals surface area contributed by atoms with Crippen molar-refractivity contribution >= 4 is 11.8 Å². The molecule has 0 rings (SSSR count).